The summed E-state index contributed by atoms with van der Waals surface area (Å²) in [6.07, 6.45) is 1.16. The molecule has 0 bridgehead atoms. The summed E-state index contributed by atoms with van der Waals surface area (Å²) in [6.45, 7) is 9.58. The fraction of sp³-hybridized carbons (Fsp3) is 0.625. The lowest BCUT2D eigenvalue weighted by Crippen LogP contribution is -2.50. The number of nitrogens with one attached hydrogen (secondary N) is 1. The molecule has 1 aliphatic heterocycles. The molecule has 0 amide bonds. The molecule has 112 valence electrons. The predicted octanol–water partition coefficient (Wildman–Crippen LogP) is 2.98. The van der Waals surface area contributed by atoms with Crippen LogP contribution in [0.25, 0.3) is 0 Å². The molecule has 1 atom stereocenters. The minimum absolute atomic E-state index is 0.575. The number of anilines is 1. The maximum Gasteiger partial charge on any atom is 0.0642 e. The highest BCUT2D eigenvalue weighted by Gasteiger charge is 2.22. The third-order valence-corrected chi connectivity index (χ3v) is 4.37. The zero-order valence-corrected chi connectivity index (χ0v) is 13.6. The minimum atomic E-state index is 0.575. The van der Waals surface area contributed by atoms with E-state index >= 15 is 0 Å². The van der Waals surface area contributed by atoms with Crippen molar-refractivity contribution in [2.45, 2.75) is 32.9 Å². The van der Waals surface area contributed by atoms with Crippen LogP contribution in [0.2, 0.25) is 5.02 Å². The number of hydrogen-bond acceptors (Lipinski definition) is 3. The van der Waals surface area contributed by atoms with Crippen molar-refractivity contribution in [3.8, 4) is 0 Å². The maximum atomic E-state index is 6.48. The standard InChI is InChI=1S/C16H26ClN3/c1-4-7-18-11-14-5-6-16(15(17)10-14)20-9-8-19(3)13(2)12-20/h5-6,10,13,18H,4,7-9,11-12H2,1-3H3. The van der Waals surface area contributed by atoms with Crippen LogP contribution in [0.4, 0.5) is 5.69 Å². The van der Waals surface area contributed by atoms with Crippen LogP contribution in [-0.2, 0) is 6.54 Å². The zero-order valence-electron chi connectivity index (χ0n) is 12.8. The van der Waals surface area contributed by atoms with Crippen LogP contribution in [-0.4, -0.2) is 44.2 Å². The van der Waals surface area contributed by atoms with Gasteiger partial charge in [-0.15, -0.1) is 0 Å². The van der Waals surface area contributed by atoms with Gasteiger partial charge in [-0.25, -0.2) is 0 Å². The average Bonchev–Trinajstić information content (AvgIpc) is 2.43. The van der Waals surface area contributed by atoms with Crippen molar-refractivity contribution in [3.63, 3.8) is 0 Å². The first kappa shape index (κ1) is 15.6. The van der Waals surface area contributed by atoms with Crippen molar-refractivity contribution in [3.05, 3.63) is 28.8 Å². The molecule has 20 heavy (non-hydrogen) atoms. The molecule has 1 aliphatic rings. The highest BCUT2D eigenvalue weighted by molar-refractivity contribution is 6.33. The van der Waals surface area contributed by atoms with Crippen LogP contribution in [0.15, 0.2) is 18.2 Å². The van der Waals surface area contributed by atoms with Gasteiger partial charge in [0.05, 0.1) is 10.7 Å². The molecule has 1 aromatic carbocycles. The largest absolute Gasteiger partial charge is 0.367 e. The lowest BCUT2D eigenvalue weighted by Gasteiger charge is -2.39. The molecule has 1 heterocycles. The first-order chi connectivity index (χ1) is 9.61. The Labute approximate surface area is 127 Å². The van der Waals surface area contributed by atoms with Gasteiger partial charge in [0, 0.05) is 32.2 Å². The second kappa shape index (κ2) is 7.30. The molecular weight excluding hydrogens is 270 g/mol. The Balaban J connectivity index is 2.02. The molecule has 0 radical (unpaired) electrons. The molecule has 4 heteroatoms. The van der Waals surface area contributed by atoms with E-state index in [1.54, 1.807) is 0 Å². The van der Waals surface area contributed by atoms with Gasteiger partial charge in [0.15, 0.2) is 0 Å². The van der Waals surface area contributed by atoms with Crippen molar-refractivity contribution in [2.24, 2.45) is 0 Å². The van der Waals surface area contributed by atoms with E-state index in [-0.39, 0.29) is 0 Å². The van der Waals surface area contributed by atoms with E-state index in [9.17, 15) is 0 Å². The smallest absolute Gasteiger partial charge is 0.0642 e. The molecule has 0 aromatic heterocycles. The fourth-order valence-electron chi connectivity index (χ4n) is 2.59. The van der Waals surface area contributed by atoms with E-state index in [0.717, 1.165) is 44.2 Å². The van der Waals surface area contributed by atoms with Crippen molar-refractivity contribution < 1.29 is 0 Å². The van der Waals surface area contributed by atoms with Gasteiger partial charge < -0.3 is 15.1 Å². The number of benzene rings is 1. The quantitative estimate of drug-likeness (QED) is 0.843. The molecule has 0 spiro atoms. The van der Waals surface area contributed by atoms with Crippen molar-refractivity contribution >= 4 is 17.3 Å². The van der Waals surface area contributed by atoms with Crippen LogP contribution < -0.4 is 10.2 Å². The first-order valence-electron chi connectivity index (χ1n) is 7.56. The molecular formula is C16H26ClN3. The summed E-state index contributed by atoms with van der Waals surface area (Å²) in [4.78, 5) is 4.80. The van der Waals surface area contributed by atoms with E-state index in [1.807, 2.05) is 0 Å². The highest BCUT2D eigenvalue weighted by atomic mass is 35.5. The molecule has 1 aromatic rings. The summed E-state index contributed by atoms with van der Waals surface area (Å²) in [5.41, 5.74) is 2.43. The van der Waals surface area contributed by atoms with Crippen molar-refractivity contribution in [1.82, 2.24) is 10.2 Å². The SMILES string of the molecule is CCCNCc1ccc(N2CCN(C)C(C)C2)c(Cl)c1. The molecule has 2 rings (SSSR count). The molecule has 1 fully saturated rings. The zero-order chi connectivity index (χ0) is 14.5. The minimum Gasteiger partial charge on any atom is -0.367 e. The number of hydrogen-bond donors (Lipinski definition) is 1. The topological polar surface area (TPSA) is 18.5 Å². The third kappa shape index (κ3) is 3.87. The van der Waals surface area contributed by atoms with Gasteiger partial charge in [0.2, 0.25) is 0 Å². The van der Waals surface area contributed by atoms with Crippen molar-refractivity contribution in [1.29, 1.82) is 0 Å². The molecule has 0 saturated carbocycles. The summed E-state index contributed by atoms with van der Waals surface area (Å²) >= 11 is 6.48. The van der Waals surface area contributed by atoms with E-state index < -0.39 is 0 Å². The number of likely N-dealkylation sites (N-methyl/N-ethyl adjacent to an activating group) is 1. The van der Waals surface area contributed by atoms with Gasteiger partial charge in [-0.2, -0.15) is 0 Å². The van der Waals surface area contributed by atoms with Gasteiger partial charge in [-0.05, 0) is 44.6 Å². The van der Waals surface area contributed by atoms with Gasteiger partial charge in [-0.3, -0.25) is 0 Å². The van der Waals surface area contributed by atoms with Gasteiger partial charge in [-0.1, -0.05) is 24.6 Å². The lowest BCUT2D eigenvalue weighted by atomic mass is 10.1. The first-order valence-corrected chi connectivity index (χ1v) is 7.94. The molecule has 1 saturated heterocycles. The molecule has 3 nitrogen and oxygen atoms in total. The average molecular weight is 296 g/mol. The normalized spacial score (nSPS) is 20.4. The number of halogens is 1. The number of piperazine rings is 1. The molecule has 1 unspecified atom stereocenters. The van der Waals surface area contributed by atoms with Crippen LogP contribution in [0.1, 0.15) is 25.8 Å². The number of nitrogens with zero attached hydrogens (tertiary/aromatic N) is 2. The lowest BCUT2D eigenvalue weighted by molar-refractivity contribution is 0.234. The summed E-state index contributed by atoms with van der Waals surface area (Å²) in [5, 5.41) is 4.28. The van der Waals surface area contributed by atoms with E-state index in [0.29, 0.717) is 6.04 Å². The van der Waals surface area contributed by atoms with Crippen LogP contribution in [0.3, 0.4) is 0 Å². The second-order valence-electron chi connectivity index (χ2n) is 5.74. The van der Waals surface area contributed by atoms with Crippen LogP contribution in [0, 0.1) is 0 Å². The Morgan fingerprint density at radius 3 is 2.80 bits per heavy atom. The summed E-state index contributed by atoms with van der Waals surface area (Å²) in [7, 11) is 2.19. The maximum absolute atomic E-state index is 6.48. The fourth-order valence-corrected chi connectivity index (χ4v) is 2.92. The Morgan fingerprint density at radius 1 is 1.35 bits per heavy atom. The summed E-state index contributed by atoms with van der Waals surface area (Å²) in [6, 6.07) is 7.03. The van der Waals surface area contributed by atoms with E-state index in [2.05, 4.69) is 54.2 Å². The summed E-state index contributed by atoms with van der Waals surface area (Å²) < 4.78 is 0. The Kier molecular flexibility index (Phi) is 5.70. The summed E-state index contributed by atoms with van der Waals surface area (Å²) in [5.74, 6) is 0. The Morgan fingerprint density at radius 2 is 2.15 bits per heavy atom. The monoisotopic (exact) mass is 295 g/mol. The van der Waals surface area contributed by atoms with Gasteiger partial charge in [0.1, 0.15) is 0 Å². The van der Waals surface area contributed by atoms with E-state index in [4.69, 9.17) is 11.6 Å². The number of rotatable bonds is 5. The third-order valence-electron chi connectivity index (χ3n) is 4.07. The Bertz CT molecular complexity index is 436. The second-order valence-corrected chi connectivity index (χ2v) is 6.15. The highest BCUT2D eigenvalue weighted by Crippen LogP contribution is 2.28. The predicted molar refractivity (Wildman–Crippen MR) is 87.8 cm³/mol. The van der Waals surface area contributed by atoms with Gasteiger partial charge >= 0.3 is 0 Å². The molecule has 1 N–H and O–H groups in total. The van der Waals surface area contributed by atoms with Crippen LogP contribution in [0.5, 0.6) is 0 Å². The molecule has 0 aliphatic carbocycles. The van der Waals surface area contributed by atoms with Crippen LogP contribution >= 0.6 is 11.6 Å². The van der Waals surface area contributed by atoms with Crippen molar-refractivity contribution in [2.75, 3.05) is 38.1 Å². The Hall–Kier alpha value is -0.770. The van der Waals surface area contributed by atoms with E-state index in [1.165, 1.54) is 11.3 Å². The van der Waals surface area contributed by atoms with Gasteiger partial charge in [0.25, 0.3) is 0 Å².